The Bertz CT molecular complexity index is 757. The Kier molecular flexibility index (Phi) is 2.72. The third-order valence-corrected chi connectivity index (χ3v) is 5.08. The standard InChI is InChI=1S/C17H16ClNO2/c1-19-6-5-9-3-2-4-11-14(9)13(19)8-10-7-12(18)16(20)17(21)15(10)11/h2-4,7,13,20-21H,5-6,8H2,1H3. The van der Waals surface area contributed by atoms with E-state index in [1.807, 2.05) is 12.1 Å². The molecule has 0 aromatic heterocycles. The fraction of sp³-hybridized carbons (Fsp3) is 0.294. The highest BCUT2D eigenvalue weighted by molar-refractivity contribution is 6.32. The maximum Gasteiger partial charge on any atom is 0.177 e. The Morgan fingerprint density at radius 3 is 2.81 bits per heavy atom. The van der Waals surface area contributed by atoms with Crippen LogP contribution < -0.4 is 0 Å². The van der Waals surface area contributed by atoms with E-state index in [1.165, 1.54) is 11.1 Å². The van der Waals surface area contributed by atoms with Gasteiger partial charge in [0.25, 0.3) is 0 Å². The van der Waals surface area contributed by atoms with Gasteiger partial charge in [-0.25, -0.2) is 0 Å². The molecule has 0 spiro atoms. The Morgan fingerprint density at radius 2 is 2.00 bits per heavy atom. The molecule has 0 saturated carbocycles. The van der Waals surface area contributed by atoms with Gasteiger partial charge in [0, 0.05) is 18.2 Å². The Balaban J connectivity index is 2.06. The van der Waals surface area contributed by atoms with Crippen molar-refractivity contribution in [2.24, 2.45) is 0 Å². The molecule has 4 heteroatoms. The van der Waals surface area contributed by atoms with Gasteiger partial charge in [-0.2, -0.15) is 0 Å². The van der Waals surface area contributed by atoms with E-state index in [1.54, 1.807) is 6.07 Å². The van der Waals surface area contributed by atoms with E-state index < -0.39 is 0 Å². The first-order valence-corrected chi connectivity index (χ1v) is 7.51. The molecule has 3 nitrogen and oxygen atoms in total. The van der Waals surface area contributed by atoms with Gasteiger partial charge in [-0.15, -0.1) is 0 Å². The smallest absolute Gasteiger partial charge is 0.177 e. The van der Waals surface area contributed by atoms with Crippen LogP contribution in [0.2, 0.25) is 5.02 Å². The van der Waals surface area contributed by atoms with Crippen LogP contribution in [0.1, 0.15) is 22.7 Å². The normalized spacial score (nSPS) is 20.0. The minimum atomic E-state index is -0.226. The Hall–Kier alpha value is -1.71. The molecule has 0 amide bonds. The first-order valence-electron chi connectivity index (χ1n) is 7.13. The number of nitrogens with zero attached hydrogens (tertiary/aromatic N) is 1. The molecule has 21 heavy (non-hydrogen) atoms. The average molecular weight is 302 g/mol. The quantitative estimate of drug-likeness (QED) is 0.732. The molecular formula is C17H16ClNO2. The van der Waals surface area contributed by atoms with Crippen LogP contribution in [0.15, 0.2) is 24.3 Å². The maximum absolute atomic E-state index is 10.4. The summed E-state index contributed by atoms with van der Waals surface area (Å²) in [6, 6.07) is 8.31. The predicted octanol–water partition coefficient (Wildman–Crippen LogP) is 3.50. The monoisotopic (exact) mass is 301 g/mol. The van der Waals surface area contributed by atoms with Crippen molar-refractivity contribution in [3.8, 4) is 22.6 Å². The number of phenols is 2. The molecule has 0 bridgehead atoms. The van der Waals surface area contributed by atoms with Crippen LogP contribution in [0.4, 0.5) is 0 Å². The molecule has 2 aliphatic rings. The van der Waals surface area contributed by atoms with Crippen LogP contribution in [-0.4, -0.2) is 28.7 Å². The van der Waals surface area contributed by atoms with Gasteiger partial charge in [-0.3, -0.25) is 4.90 Å². The highest BCUT2D eigenvalue weighted by Gasteiger charge is 2.34. The van der Waals surface area contributed by atoms with Crippen molar-refractivity contribution in [1.82, 2.24) is 4.90 Å². The maximum atomic E-state index is 10.4. The van der Waals surface area contributed by atoms with Crippen LogP contribution in [0.3, 0.4) is 0 Å². The van der Waals surface area contributed by atoms with Crippen LogP contribution in [0.25, 0.3) is 11.1 Å². The predicted molar refractivity (Wildman–Crippen MR) is 83.0 cm³/mol. The van der Waals surface area contributed by atoms with Crippen molar-refractivity contribution in [2.75, 3.05) is 13.6 Å². The lowest BCUT2D eigenvalue weighted by atomic mass is 9.77. The molecule has 108 valence electrons. The molecule has 0 radical (unpaired) electrons. The number of hydrogen-bond donors (Lipinski definition) is 2. The summed E-state index contributed by atoms with van der Waals surface area (Å²) in [5.74, 6) is -0.326. The first kappa shape index (κ1) is 13.0. The van der Waals surface area contributed by atoms with E-state index in [0.29, 0.717) is 6.04 Å². The van der Waals surface area contributed by atoms with Gasteiger partial charge in [0.1, 0.15) is 0 Å². The first-order chi connectivity index (χ1) is 10.1. The Morgan fingerprint density at radius 1 is 1.19 bits per heavy atom. The number of fused-ring (bicyclic) bond motifs is 2. The highest BCUT2D eigenvalue weighted by Crippen LogP contribution is 2.51. The zero-order valence-corrected chi connectivity index (χ0v) is 12.5. The van der Waals surface area contributed by atoms with Gasteiger partial charge in [0.15, 0.2) is 11.5 Å². The molecule has 1 atom stereocenters. The summed E-state index contributed by atoms with van der Waals surface area (Å²) >= 11 is 6.03. The van der Waals surface area contributed by atoms with Crippen LogP contribution in [-0.2, 0) is 12.8 Å². The van der Waals surface area contributed by atoms with Gasteiger partial charge in [-0.05, 0) is 48.2 Å². The van der Waals surface area contributed by atoms with Crippen molar-refractivity contribution in [3.05, 3.63) is 46.0 Å². The van der Waals surface area contributed by atoms with Gasteiger partial charge in [0.2, 0.25) is 0 Å². The molecule has 1 aliphatic carbocycles. The SMILES string of the molecule is CN1CCc2cccc3c2C1Cc1cc(Cl)c(O)c(O)c1-3. The molecule has 1 aliphatic heterocycles. The average Bonchev–Trinajstić information content (AvgIpc) is 2.48. The molecule has 0 fully saturated rings. The summed E-state index contributed by atoms with van der Waals surface area (Å²) in [5.41, 5.74) is 5.39. The summed E-state index contributed by atoms with van der Waals surface area (Å²) in [7, 11) is 2.14. The minimum Gasteiger partial charge on any atom is -0.504 e. The molecule has 2 aromatic rings. The Labute approximate surface area is 128 Å². The van der Waals surface area contributed by atoms with Gasteiger partial charge < -0.3 is 10.2 Å². The topological polar surface area (TPSA) is 43.7 Å². The highest BCUT2D eigenvalue weighted by atomic mass is 35.5. The molecule has 4 rings (SSSR count). The summed E-state index contributed by atoms with van der Waals surface area (Å²) < 4.78 is 0. The number of aromatic hydroxyl groups is 2. The number of halogens is 1. The summed E-state index contributed by atoms with van der Waals surface area (Å²) in [4.78, 5) is 2.35. The number of rotatable bonds is 0. The van der Waals surface area contributed by atoms with E-state index in [0.717, 1.165) is 36.1 Å². The third-order valence-electron chi connectivity index (χ3n) is 4.79. The van der Waals surface area contributed by atoms with E-state index in [2.05, 4.69) is 18.0 Å². The number of hydrogen-bond acceptors (Lipinski definition) is 3. The van der Waals surface area contributed by atoms with Gasteiger partial charge in [-0.1, -0.05) is 29.8 Å². The molecular weight excluding hydrogens is 286 g/mol. The lowest BCUT2D eigenvalue weighted by molar-refractivity contribution is 0.228. The third kappa shape index (κ3) is 1.71. The van der Waals surface area contributed by atoms with Gasteiger partial charge >= 0.3 is 0 Å². The lowest BCUT2D eigenvalue weighted by Crippen LogP contribution is -2.35. The van der Waals surface area contributed by atoms with Crippen molar-refractivity contribution < 1.29 is 10.2 Å². The fourth-order valence-electron chi connectivity index (χ4n) is 3.72. The second kappa shape index (κ2) is 4.39. The van der Waals surface area contributed by atoms with Crippen molar-refractivity contribution >= 4 is 11.6 Å². The zero-order valence-electron chi connectivity index (χ0n) is 11.7. The zero-order chi connectivity index (χ0) is 14.7. The number of phenolic OH excluding ortho intramolecular Hbond substituents is 2. The molecule has 1 heterocycles. The molecule has 0 saturated heterocycles. The molecule has 2 N–H and O–H groups in total. The summed E-state index contributed by atoms with van der Waals surface area (Å²) in [6.07, 6.45) is 1.83. The second-order valence-electron chi connectivity index (χ2n) is 5.92. The summed E-state index contributed by atoms with van der Waals surface area (Å²) in [5, 5.41) is 20.5. The fourth-order valence-corrected chi connectivity index (χ4v) is 3.94. The van der Waals surface area contributed by atoms with E-state index in [-0.39, 0.29) is 16.5 Å². The van der Waals surface area contributed by atoms with Crippen molar-refractivity contribution in [2.45, 2.75) is 18.9 Å². The molecule has 2 aromatic carbocycles. The van der Waals surface area contributed by atoms with Crippen LogP contribution in [0.5, 0.6) is 11.5 Å². The van der Waals surface area contributed by atoms with E-state index in [9.17, 15) is 10.2 Å². The summed E-state index contributed by atoms with van der Waals surface area (Å²) in [6.45, 7) is 1.04. The van der Waals surface area contributed by atoms with Crippen molar-refractivity contribution in [3.63, 3.8) is 0 Å². The van der Waals surface area contributed by atoms with Crippen LogP contribution >= 0.6 is 11.6 Å². The minimum absolute atomic E-state index is 0.0995. The van der Waals surface area contributed by atoms with Crippen LogP contribution in [0, 0.1) is 0 Å². The lowest BCUT2D eigenvalue weighted by Gasteiger charge is -2.40. The number of benzene rings is 2. The largest absolute Gasteiger partial charge is 0.504 e. The second-order valence-corrected chi connectivity index (χ2v) is 6.33. The van der Waals surface area contributed by atoms with E-state index >= 15 is 0 Å². The van der Waals surface area contributed by atoms with E-state index in [4.69, 9.17) is 11.6 Å². The number of likely N-dealkylation sites (N-methyl/N-ethyl adjacent to an activating group) is 1. The van der Waals surface area contributed by atoms with Gasteiger partial charge in [0.05, 0.1) is 5.02 Å². The van der Waals surface area contributed by atoms with Crippen molar-refractivity contribution in [1.29, 1.82) is 0 Å². The molecule has 1 unspecified atom stereocenters.